The number of hydrogen-bond donors (Lipinski definition) is 1. The summed E-state index contributed by atoms with van der Waals surface area (Å²) in [6.07, 6.45) is 1.98. The molecule has 0 aliphatic carbocycles. The van der Waals surface area contributed by atoms with Crippen LogP contribution in [0.2, 0.25) is 0 Å². The molecular weight excluding hydrogens is 266 g/mol. The highest BCUT2D eigenvalue weighted by Crippen LogP contribution is 2.21. The number of hydrogen-bond acceptors (Lipinski definition) is 2. The second kappa shape index (κ2) is 4.80. The lowest BCUT2D eigenvalue weighted by Crippen LogP contribution is -2.06. The minimum absolute atomic E-state index is 0.788. The molecule has 0 saturated carbocycles. The summed E-state index contributed by atoms with van der Waals surface area (Å²) in [6.45, 7) is 2.87. The number of halogens is 1. The van der Waals surface area contributed by atoms with Crippen LogP contribution in [0.4, 0.5) is 0 Å². The van der Waals surface area contributed by atoms with E-state index < -0.39 is 0 Å². The zero-order valence-corrected chi connectivity index (χ0v) is 11.0. The molecule has 3 nitrogen and oxygen atoms in total. The van der Waals surface area contributed by atoms with Crippen molar-refractivity contribution < 1.29 is 0 Å². The molecule has 1 aromatic carbocycles. The highest BCUT2D eigenvalue weighted by molar-refractivity contribution is 9.10. The topological polar surface area (TPSA) is 29.9 Å². The Balaban J connectivity index is 2.38. The van der Waals surface area contributed by atoms with Gasteiger partial charge in [-0.2, -0.15) is 5.10 Å². The van der Waals surface area contributed by atoms with Crippen molar-refractivity contribution >= 4 is 15.9 Å². The molecule has 1 aromatic heterocycles. The molecule has 0 radical (unpaired) electrons. The number of aromatic nitrogens is 2. The number of nitrogens with zero attached hydrogens (tertiary/aromatic N) is 2. The maximum atomic E-state index is 4.50. The number of benzene rings is 1. The average molecular weight is 280 g/mol. The first-order chi connectivity index (χ1) is 7.70. The predicted molar refractivity (Wildman–Crippen MR) is 68.8 cm³/mol. The molecule has 2 aromatic rings. The Labute approximate surface area is 104 Å². The molecule has 0 spiro atoms. The van der Waals surface area contributed by atoms with Crippen molar-refractivity contribution in [1.29, 1.82) is 0 Å². The van der Waals surface area contributed by atoms with Gasteiger partial charge in [0.05, 0.1) is 11.4 Å². The van der Waals surface area contributed by atoms with E-state index in [1.54, 1.807) is 0 Å². The first kappa shape index (κ1) is 11.4. The standard InChI is InChI=1S/C12H14BrN3/c1-9-3-4-11(13)12(7-9)16-6-5-10(15-16)8-14-2/h3-7,14H,8H2,1-2H3. The molecule has 2 rings (SSSR count). The summed E-state index contributed by atoms with van der Waals surface area (Å²) < 4.78 is 2.95. The van der Waals surface area contributed by atoms with Crippen LogP contribution in [0.1, 0.15) is 11.3 Å². The first-order valence-electron chi connectivity index (χ1n) is 5.16. The van der Waals surface area contributed by atoms with Gasteiger partial charge in [-0.05, 0) is 53.7 Å². The summed E-state index contributed by atoms with van der Waals surface area (Å²) in [5, 5.41) is 7.58. The van der Waals surface area contributed by atoms with Crippen LogP contribution in [0.15, 0.2) is 34.9 Å². The molecular formula is C12H14BrN3. The molecule has 0 unspecified atom stereocenters. The highest BCUT2D eigenvalue weighted by Gasteiger charge is 2.04. The van der Waals surface area contributed by atoms with Gasteiger partial charge in [-0.3, -0.25) is 0 Å². The lowest BCUT2D eigenvalue weighted by atomic mass is 10.2. The molecule has 0 amide bonds. The van der Waals surface area contributed by atoms with Gasteiger partial charge in [0.25, 0.3) is 0 Å². The van der Waals surface area contributed by atoms with Crippen molar-refractivity contribution in [2.24, 2.45) is 0 Å². The van der Waals surface area contributed by atoms with Gasteiger partial charge in [-0.1, -0.05) is 6.07 Å². The highest BCUT2D eigenvalue weighted by atomic mass is 79.9. The predicted octanol–water partition coefficient (Wildman–Crippen LogP) is 2.66. The molecule has 4 heteroatoms. The summed E-state index contributed by atoms with van der Waals surface area (Å²) in [5.74, 6) is 0. The van der Waals surface area contributed by atoms with E-state index in [1.807, 2.05) is 30.1 Å². The average Bonchev–Trinajstić information content (AvgIpc) is 2.71. The molecule has 0 atom stereocenters. The lowest BCUT2D eigenvalue weighted by molar-refractivity contribution is 0.756. The molecule has 84 valence electrons. The Kier molecular flexibility index (Phi) is 3.41. The van der Waals surface area contributed by atoms with E-state index >= 15 is 0 Å². The molecule has 1 heterocycles. The summed E-state index contributed by atoms with van der Waals surface area (Å²) in [6, 6.07) is 8.25. The quantitative estimate of drug-likeness (QED) is 0.936. The fourth-order valence-electron chi connectivity index (χ4n) is 1.57. The van der Waals surface area contributed by atoms with Crippen LogP contribution in [0.25, 0.3) is 5.69 Å². The zero-order chi connectivity index (χ0) is 11.5. The van der Waals surface area contributed by atoms with Gasteiger partial charge in [0.2, 0.25) is 0 Å². The third-order valence-electron chi connectivity index (χ3n) is 2.35. The molecule has 0 fully saturated rings. The van der Waals surface area contributed by atoms with Gasteiger partial charge in [0.15, 0.2) is 0 Å². The van der Waals surface area contributed by atoms with E-state index in [0.29, 0.717) is 0 Å². The summed E-state index contributed by atoms with van der Waals surface area (Å²) >= 11 is 3.54. The molecule has 16 heavy (non-hydrogen) atoms. The van der Waals surface area contributed by atoms with E-state index in [-0.39, 0.29) is 0 Å². The van der Waals surface area contributed by atoms with Crippen molar-refractivity contribution in [2.45, 2.75) is 13.5 Å². The fraction of sp³-hybridized carbons (Fsp3) is 0.250. The van der Waals surface area contributed by atoms with Crippen LogP contribution in [-0.4, -0.2) is 16.8 Å². The summed E-state index contributed by atoms with van der Waals surface area (Å²) in [5.41, 5.74) is 3.34. The lowest BCUT2D eigenvalue weighted by Gasteiger charge is -2.05. The van der Waals surface area contributed by atoms with Crippen LogP contribution >= 0.6 is 15.9 Å². The van der Waals surface area contributed by atoms with Gasteiger partial charge in [-0.15, -0.1) is 0 Å². The Morgan fingerprint density at radius 2 is 2.19 bits per heavy atom. The van der Waals surface area contributed by atoms with Crippen molar-refractivity contribution in [1.82, 2.24) is 15.1 Å². The molecule has 0 aliphatic heterocycles. The second-order valence-corrected chi connectivity index (χ2v) is 4.59. The normalized spacial score (nSPS) is 10.7. The maximum absolute atomic E-state index is 4.50. The van der Waals surface area contributed by atoms with Crippen LogP contribution in [-0.2, 0) is 6.54 Å². The zero-order valence-electron chi connectivity index (χ0n) is 9.37. The molecule has 1 N–H and O–H groups in total. The minimum atomic E-state index is 0.788. The van der Waals surface area contributed by atoms with Crippen LogP contribution in [0.3, 0.4) is 0 Å². The monoisotopic (exact) mass is 279 g/mol. The van der Waals surface area contributed by atoms with Crippen LogP contribution < -0.4 is 5.32 Å². The maximum Gasteiger partial charge on any atom is 0.0790 e. The number of rotatable bonds is 3. The van der Waals surface area contributed by atoms with E-state index in [1.165, 1.54) is 5.56 Å². The Morgan fingerprint density at radius 3 is 2.94 bits per heavy atom. The van der Waals surface area contributed by atoms with Crippen LogP contribution in [0, 0.1) is 6.92 Å². The number of aryl methyl sites for hydroxylation is 1. The minimum Gasteiger partial charge on any atom is -0.314 e. The summed E-state index contributed by atoms with van der Waals surface area (Å²) in [7, 11) is 1.92. The molecule has 0 aliphatic rings. The van der Waals surface area contributed by atoms with Crippen molar-refractivity contribution in [3.05, 3.63) is 46.2 Å². The van der Waals surface area contributed by atoms with Crippen molar-refractivity contribution in [3.63, 3.8) is 0 Å². The van der Waals surface area contributed by atoms with Crippen molar-refractivity contribution in [2.75, 3.05) is 7.05 Å². The van der Waals surface area contributed by atoms with E-state index in [4.69, 9.17) is 0 Å². The fourth-order valence-corrected chi connectivity index (χ4v) is 2.00. The Bertz CT molecular complexity index is 491. The number of nitrogens with one attached hydrogen (secondary N) is 1. The molecule has 0 saturated heterocycles. The first-order valence-corrected chi connectivity index (χ1v) is 5.95. The van der Waals surface area contributed by atoms with Gasteiger partial charge in [-0.25, -0.2) is 4.68 Å². The Morgan fingerprint density at radius 1 is 1.38 bits per heavy atom. The second-order valence-electron chi connectivity index (χ2n) is 3.74. The van der Waals surface area contributed by atoms with Gasteiger partial charge in [0, 0.05) is 17.2 Å². The summed E-state index contributed by atoms with van der Waals surface area (Å²) in [4.78, 5) is 0. The van der Waals surface area contributed by atoms with Gasteiger partial charge < -0.3 is 5.32 Å². The van der Waals surface area contributed by atoms with E-state index in [2.05, 4.69) is 45.4 Å². The van der Waals surface area contributed by atoms with E-state index in [9.17, 15) is 0 Å². The smallest absolute Gasteiger partial charge is 0.0790 e. The van der Waals surface area contributed by atoms with Crippen LogP contribution in [0.5, 0.6) is 0 Å². The molecule has 0 bridgehead atoms. The van der Waals surface area contributed by atoms with E-state index in [0.717, 1.165) is 22.4 Å². The third kappa shape index (κ3) is 2.33. The third-order valence-corrected chi connectivity index (χ3v) is 3.02. The van der Waals surface area contributed by atoms with Gasteiger partial charge in [0.1, 0.15) is 0 Å². The van der Waals surface area contributed by atoms with Crippen molar-refractivity contribution in [3.8, 4) is 5.69 Å². The SMILES string of the molecule is CNCc1ccn(-c2cc(C)ccc2Br)n1. The Hall–Kier alpha value is -1.13. The largest absolute Gasteiger partial charge is 0.314 e. The van der Waals surface area contributed by atoms with Gasteiger partial charge >= 0.3 is 0 Å².